The molecule has 2 N–H and O–H groups in total. The second kappa shape index (κ2) is 6.02. The lowest BCUT2D eigenvalue weighted by atomic mass is 9.99. The van der Waals surface area contributed by atoms with Crippen molar-refractivity contribution in [3.63, 3.8) is 0 Å². The lowest BCUT2D eigenvalue weighted by molar-refractivity contribution is -0.00697. The number of aromatic nitrogens is 3. The SMILES string of the molecule is C[C@@H]1Cc2c(C(=O)NCc3ccnc(C4CC4)c3)n[nH]c2[C@H](C)O1. The number of fused-ring (bicyclic) bond motifs is 1. The smallest absolute Gasteiger partial charge is 0.272 e. The van der Waals surface area contributed by atoms with Crippen LogP contribution in [0.15, 0.2) is 18.3 Å². The van der Waals surface area contributed by atoms with Crippen LogP contribution in [0.5, 0.6) is 0 Å². The van der Waals surface area contributed by atoms with Crippen LogP contribution in [0.1, 0.15) is 71.7 Å². The van der Waals surface area contributed by atoms with Crippen molar-refractivity contribution in [3.8, 4) is 0 Å². The van der Waals surface area contributed by atoms with E-state index in [1.165, 1.54) is 12.8 Å². The Labute approximate surface area is 141 Å². The largest absolute Gasteiger partial charge is 0.369 e. The van der Waals surface area contributed by atoms with E-state index in [1.807, 2.05) is 26.1 Å². The number of carbonyl (C=O) groups is 1. The molecule has 24 heavy (non-hydrogen) atoms. The van der Waals surface area contributed by atoms with Gasteiger partial charge in [0.1, 0.15) is 0 Å². The van der Waals surface area contributed by atoms with Crippen molar-refractivity contribution in [2.75, 3.05) is 0 Å². The van der Waals surface area contributed by atoms with Gasteiger partial charge >= 0.3 is 0 Å². The zero-order valence-corrected chi connectivity index (χ0v) is 14.0. The zero-order chi connectivity index (χ0) is 16.7. The Kier molecular flexibility index (Phi) is 3.84. The Hall–Kier alpha value is -2.21. The third-order valence-electron chi connectivity index (χ3n) is 4.74. The minimum atomic E-state index is -0.140. The number of aromatic amines is 1. The lowest BCUT2D eigenvalue weighted by Crippen LogP contribution is -2.27. The molecule has 2 aromatic heterocycles. The summed E-state index contributed by atoms with van der Waals surface area (Å²) in [4.78, 5) is 17.0. The van der Waals surface area contributed by atoms with E-state index in [1.54, 1.807) is 0 Å². The maximum Gasteiger partial charge on any atom is 0.272 e. The predicted molar refractivity (Wildman–Crippen MR) is 88.6 cm³/mol. The number of rotatable bonds is 4. The fraction of sp³-hybridized carbons (Fsp3) is 0.500. The van der Waals surface area contributed by atoms with Crippen LogP contribution in [-0.4, -0.2) is 27.2 Å². The first-order valence-corrected chi connectivity index (χ1v) is 8.57. The van der Waals surface area contributed by atoms with E-state index < -0.39 is 0 Å². The molecule has 1 fully saturated rings. The predicted octanol–water partition coefficient (Wildman–Crippen LogP) is 2.63. The summed E-state index contributed by atoms with van der Waals surface area (Å²) in [6.07, 6.45) is 5.02. The molecular weight excluding hydrogens is 304 g/mol. The van der Waals surface area contributed by atoms with Gasteiger partial charge in [-0.1, -0.05) is 0 Å². The molecule has 6 heteroatoms. The summed E-state index contributed by atoms with van der Waals surface area (Å²) in [7, 11) is 0. The van der Waals surface area contributed by atoms with Gasteiger partial charge in [0, 0.05) is 36.3 Å². The summed E-state index contributed by atoms with van der Waals surface area (Å²) in [5, 5.41) is 10.2. The molecule has 0 saturated heterocycles. The summed E-state index contributed by atoms with van der Waals surface area (Å²) in [5.41, 5.74) is 4.60. The highest BCUT2D eigenvalue weighted by Crippen LogP contribution is 2.39. The molecule has 2 aliphatic rings. The maximum absolute atomic E-state index is 12.5. The number of H-pyrrole nitrogens is 1. The minimum absolute atomic E-state index is 0.0564. The fourth-order valence-corrected chi connectivity index (χ4v) is 3.33. The molecule has 2 atom stereocenters. The molecule has 1 aliphatic heterocycles. The standard InChI is InChI=1S/C18H22N4O2/c1-10-7-14-16(11(2)24-10)21-22-17(14)18(23)20-9-12-5-6-19-15(8-12)13-3-4-13/h5-6,8,10-11,13H,3-4,7,9H2,1-2H3,(H,20,23)(H,21,22)/t10-,11+/m1/s1. The average Bonchev–Trinajstić information content (AvgIpc) is 3.33. The molecule has 6 nitrogen and oxygen atoms in total. The van der Waals surface area contributed by atoms with Gasteiger partial charge in [-0.3, -0.25) is 14.9 Å². The monoisotopic (exact) mass is 326 g/mol. The first-order chi connectivity index (χ1) is 11.6. The van der Waals surface area contributed by atoms with Crippen molar-refractivity contribution in [1.29, 1.82) is 0 Å². The normalized spacial score (nSPS) is 22.9. The minimum Gasteiger partial charge on any atom is -0.369 e. The topological polar surface area (TPSA) is 79.9 Å². The molecule has 0 unspecified atom stereocenters. The fourth-order valence-electron chi connectivity index (χ4n) is 3.33. The highest BCUT2D eigenvalue weighted by Gasteiger charge is 2.29. The van der Waals surface area contributed by atoms with E-state index in [2.05, 4.69) is 26.6 Å². The Morgan fingerprint density at radius 2 is 2.25 bits per heavy atom. The van der Waals surface area contributed by atoms with Crippen molar-refractivity contribution in [2.45, 2.75) is 57.8 Å². The van der Waals surface area contributed by atoms with Gasteiger partial charge in [0.25, 0.3) is 5.91 Å². The second-order valence-electron chi connectivity index (χ2n) is 6.80. The molecule has 0 bridgehead atoms. The highest BCUT2D eigenvalue weighted by molar-refractivity contribution is 5.94. The van der Waals surface area contributed by atoms with Crippen LogP contribution in [0.2, 0.25) is 0 Å². The first-order valence-electron chi connectivity index (χ1n) is 8.57. The van der Waals surface area contributed by atoms with E-state index in [0.29, 0.717) is 24.6 Å². The van der Waals surface area contributed by atoms with Crippen molar-refractivity contribution in [1.82, 2.24) is 20.5 Å². The number of pyridine rings is 1. The van der Waals surface area contributed by atoms with Gasteiger partial charge in [-0.25, -0.2) is 0 Å². The van der Waals surface area contributed by atoms with E-state index >= 15 is 0 Å². The van der Waals surface area contributed by atoms with Crippen LogP contribution < -0.4 is 5.32 Å². The molecule has 0 aromatic carbocycles. The molecule has 1 saturated carbocycles. The number of nitrogens with one attached hydrogen (secondary N) is 2. The van der Waals surface area contributed by atoms with Crippen molar-refractivity contribution < 1.29 is 9.53 Å². The summed E-state index contributed by atoms with van der Waals surface area (Å²) >= 11 is 0. The van der Waals surface area contributed by atoms with Crippen molar-refractivity contribution in [3.05, 3.63) is 46.5 Å². The Morgan fingerprint density at radius 1 is 1.42 bits per heavy atom. The van der Waals surface area contributed by atoms with Crippen LogP contribution >= 0.6 is 0 Å². The Morgan fingerprint density at radius 3 is 3.04 bits per heavy atom. The van der Waals surface area contributed by atoms with E-state index in [0.717, 1.165) is 22.5 Å². The van der Waals surface area contributed by atoms with Gasteiger partial charge in [0.2, 0.25) is 0 Å². The average molecular weight is 326 g/mol. The van der Waals surface area contributed by atoms with Gasteiger partial charge in [0.15, 0.2) is 5.69 Å². The van der Waals surface area contributed by atoms with Crippen LogP contribution in [0, 0.1) is 0 Å². The molecular formula is C18H22N4O2. The molecule has 2 aromatic rings. The number of hydrogen-bond acceptors (Lipinski definition) is 4. The van der Waals surface area contributed by atoms with E-state index in [4.69, 9.17) is 4.74 Å². The number of hydrogen-bond donors (Lipinski definition) is 2. The summed E-state index contributed by atoms with van der Waals surface area (Å²) in [5.74, 6) is 0.473. The number of amides is 1. The number of carbonyl (C=O) groups excluding carboxylic acids is 1. The third-order valence-corrected chi connectivity index (χ3v) is 4.74. The summed E-state index contributed by atoms with van der Waals surface area (Å²) in [6.45, 7) is 4.49. The number of nitrogens with zero attached hydrogens (tertiary/aromatic N) is 2. The summed E-state index contributed by atoms with van der Waals surface area (Å²) in [6, 6.07) is 4.04. The molecule has 1 aliphatic carbocycles. The maximum atomic E-state index is 12.5. The van der Waals surface area contributed by atoms with Crippen LogP contribution in [0.3, 0.4) is 0 Å². The van der Waals surface area contributed by atoms with Crippen LogP contribution in [-0.2, 0) is 17.7 Å². The van der Waals surface area contributed by atoms with Gasteiger partial charge in [-0.05, 0) is 44.4 Å². The zero-order valence-electron chi connectivity index (χ0n) is 14.0. The van der Waals surface area contributed by atoms with Gasteiger partial charge < -0.3 is 10.1 Å². The van der Waals surface area contributed by atoms with Crippen LogP contribution in [0.25, 0.3) is 0 Å². The third kappa shape index (κ3) is 2.94. The highest BCUT2D eigenvalue weighted by atomic mass is 16.5. The van der Waals surface area contributed by atoms with Gasteiger partial charge in [-0.2, -0.15) is 5.10 Å². The Bertz CT molecular complexity index is 766. The van der Waals surface area contributed by atoms with Gasteiger partial charge in [-0.15, -0.1) is 0 Å². The van der Waals surface area contributed by atoms with Gasteiger partial charge in [0.05, 0.1) is 17.9 Å². The molecule has 126 valence electrons. The molecule has 0 radical (unpaired) electrons. The molecule has 4 rings (SSSR count). The lowest BCUT2D eigenvalue weighted by Gasteiger charge is -2.25. The Balaban J connectivity index is 1.46. The molecule has 3 heterocycles. The number of ether oxygens (including phenoxy) is 1. The molecule has 1 amide bonds. The van der Waals surface area contributed by atoms with Crippen molar-refractivity contribution in [2.24, 2.45) is 0 Å². The second-order valence-corrected chi connectivity index (χ2v) is 6.80. The summed E-state index contributed by atoms with van der Waals surface area (Å²) < 4.78 is 5.77. The van der Waals surface area contributed by atoms with Crippen molar-refractivity contribution >= 4 is 5.91 Å². The van der Waals surface area contributed by atoms with E-state index in [-0.39, 0.29) is 18.1 Å². The quantitative estimate of drug-likeness (QED) is 0.905. The van der Waals surface area contributed by atoms with Crippen LogP contribution in [0.4, 0.5) is 0 Å². The van der Waals surface area contributed by atoms with E-state index in [9.17, 15) is 4.79 Å². The first kappa shape index (κ1) is 15.3. The molecule has 0 spiro atoms.